The van der Waals surface area contributed by atoms with Crippen molar-refractivity contribution in [1.29, 1.82) is 0 Å². The minimum Gasteiger partial charge on any atom is -0.480 e. The first-order valence-electron chi connectivity index (χ1n) is 2.80. The predicted octanol–water partition coefficient (Wildman–Crippen LogP) is 0.122. The van der Waals surface area contributed by atoms with E-state index in [0.717, 1.165) is 0 Å². The zero-order valence-corrected chi connectivity index (χ0v) is 5.94. The topological polar surface area (TPSA) is 49.3 Å². The van der Waals surface area contributed by atoms with Crippen molar-refractivity contribution in [2.75, 3.05) is 5.75 Å². The first-order chi connectivity index (χ1) is 4.20. The summed E-state index contributed by atoms with van der Waals surface area (Å²) in [7, 11) is 0. The van der Waals surface area contributed by atoms with Gasteiger partial charge in [0, 0.05) is 5.75 Å². The Balaban J connectivity index is 2.39. The summed E-state index contributed by atoms with van der Waals surface area (Å²) in [6.45, 7) is 1.97. The standard InChI is InChI=1S/C5H9NO2S/c1-3-6-4(2-9-3)5(7)8/h3-4,6H,2H2,1H3,(H,7,8)/t3-,4+/m0/s1. The lowest BCUT2D eigenvalue weighted by Gasteiger charge is -2.02. The normalized spacial score (nSPS) is 34.8. The van der Waals surface area contributed by atoms with Gasteiger partial charge in [-0.15, -0.1) is 11.8 Å². The van der Waals surface area contributed by atoms with Crippen LogP contribution in [0.4, 0.5) is 0 Å². The van der Waals surface area contributed by atoms with E-state index in [9.17, 15) is 4.79 Å². The van der Waals surface area contributed by atoms with E-state index in [-0.39, 0.29) is 6.04 Å². The number of carboxylic acid groups (broad SMARTS) is 1. The minimum absolute atomic E-state index is 0.297. The predicted molar refractivity (Wildman–Crippen MR) is 36.5 cm³/mol. The molecule has 0 aliphatic carbocycles. The molecule has 1 aliphatic heterocycles. The Kier molecular flexibility index (Phi) is 1.97. The van der Waals surface area contributed by atoms with Crippen molar-refractivity contribution in [3.63, 3.8) is 0 Å². The zero-order chi connectivity index (χ0) is 6.85. The summed E-state index contributed by atoms with van der Waals surface area (Å²) in [5.74, 6) is -0.0527. The lowest BCUT2D eigenvalue weighted by molar-refractivity contribution is -0.138. The third-order valence-corrected chi connectivity index (χ3v) is 2.41. The second-order valence-corrected chi connectivity index (χ2v) is 3.41. The van der Waals surface area contributed by atoms with Gasteiger partial charge >= 0.3 is 5.97 Å². The van der Waals surface area contributed by atoms with Crippen LogP contribution in [0.5, 0.6) is 0 Å². The monoisotopic (exact) mass is 147 g/mol. The van der Waals surface area contributed by atoms with Gasteiger partial charge in [0.1, 0.15) is 6.04 Å². The van der Waals surface area contributed by atoms with E-state index in [1.54, 1.807) is 11.8 Å². The average Bonchev–Trinajstić information content (AvgIpc) is 2.14. The van der Waals surface area contributed by atoms with Crippen molar-refractivity contribution in [2.45, 2.75) is 18.3 Å². The minimum atomic E-state index is -0.744. The summed E-state index contributed by atoms with van der Waals surface area (Å²) in [6.07, 6.45) is 0. The van der Waals surface area contributed by atoms with Crippen LogP contribution in [0.3, 0.4) is 0 Å². The molecule has 0 aromatic heterocycles. The van der Waals surface area contributed by atoms with Gasteiger partial charge in [0.05, 0.1) is 5.37 Å². The van der Waals surface area contributed by atoms with E-state index in [4.69, 9.17) is 5.11 Å². The molecule has 0 spiro atoms. The number of carboxylic acids is 1. The maximum atomic E-state index is 10.3. The van der Waals surface area contributed by atoms with Gasteiger partial charge in [-0.1, -0.05) is 0 Å². The first-order valence-corrected chi connectivity index (χ1v) is 3.85. The quantitative estimate of drug-likeness (QED) is 0.553. The molecule has 2 atom stereocenters. The van der Waals surface area contributed by atoms with Gasteiger partial charge in [-0.3, -0.25) is 10.1 Å². The van der Waals surface area contributed by atoms with Crippen LogP contribution in [-0.4, -0.2) is 28.2 Å². The summed E-state index contributed by atoms with van der Waals surface area (Å²) in [6, 6.07) is -0.329. The number of carbonyl (C=O) groups is 1. The summed E-state index contributed by atoms with van der Waals surface area (Å²) < 4.78 is 0. The number of hydrogen-bond acceptors (Lipinski definition) is 3. The molecule has 2 N–H and O–H groups in total. The maximum Gasteiger partial charge on any atom is 0.321 e. The third-order valence-electron chi connectivity index (χ3n) is 1.25. The van der Waals surface area contributed by atoms with Crippen molar-refractivity contribution < 1.29 is 9.90 Å². The van der Waals surface area contributed by atoms with Crippen LogP contribution in [0.25, 0.3) is 0 Å². The molecule has 0 aromatic rings. The average molecular weight is 147 g/mol. The Hall–Kier alpha value is -0.220. The number of nitrogens with one attached hydrogen (secondary N) is 1. The van der Waals surface area contributed by atoms with Crippen molar-refractivity contribution in [3.05, 3.63) is 0 Å². The fraction of sp³-hybridized carbons (Fsp3) is 0.800. The number of rotatable bonds is 1. The van der Waals surface area contributed by atoms with Gasteiger partial charge in [-0.2, -0.15) is 0 Å². The molecule has 0 bridgehead atoms. The molecule has 1 saturated heterocycles. The van der Waals surface area contributed by atoms with Gasteiger partial charge < -0.3 is 5.11 Å². The second kappa shape index (κ2) is 2.58. The fourth-order valence-corrected chi connectivity index (χ4v) is 1.74. The summed E-state index contributed by atoms with van der Waals surface area (Å²) >= 11 is 1.64. The van der Waals surface area contributed by atoms with E-state index in [2.05, 4.69) is 5.32 Å². The van der Waals surface area contributed by atoms with E-state index in [1.807, 2.05) is 6.92 Å². The van der Waals surface area contributed by atoms with E-state index in [1.165, 1.54) is 0 Å². The van der Waals surface area contributed by atoms with Crippen molar-refractivity contribution in [1.82, 2.24) is 5.32 Å². The lowest BCUT2D eigenvalue weighted by Crippen LogP contribution is -2.35. The molecule has 9 heavy (non-hydrogen) atoms. The molecular weight excluding hydrogens is 138 g/mol. The van der Waals surface area contributed by atoms with Gasteiger partial charge in [-0.05, 0) is 6.92 Å². The summed E-state index contributed by atoms with van der Waals surface area (Å²) in [5.41, 5.74) is 0. The first kappa shape index (κ1) is 6.89. The molecule has 1 aliphatic rings. The van der Waals surface area contributed by atoms with Crippen LogP contribution < -0.4 is 5.32 Å². The SMILES string of the molecule is C[C@H]1N[C@@H](C(=O)O)CS1. The maximum absolute atomic E-state index is 10.3. The molecule has 0 radical (unpaired) electrons. The molecular formula is C5H9NO2S. The van der Waals surface area contributed by atoms with Crippen molar-refractivity contribution in [3.8, 4) is 0 Å². The van der Waals surface area contributed by atoms with Crippen LogP contribution in [0.15, 0.2) is 0 Å². The molecule has 1 fully saturated rings. The van der Waals surface area contributed by atoms with Gasteiger partial charge in [0.15, 0.2) is 0 Å². The Morgan fingerprint density at radius 2 is 2.56 bits per heavy atom. The molecule has 52 valence electrons. The zero-order valence-electron chi connectivity index (χ0n) is 5.13. The smallest absolute Gasteiger partial charge is 0.321 e. The summed E-state index contributed by atoms with van der Waals surface area (Å²) in [4.78, 5) is 10.3. The number of aliphatic carboxylic acids is 1. The highest BCUT2D eigenvalue weighted by Crippen LogP contribution is 2.17. The molecule has 0 saturated carbocycles. The number of thioether (sulfide) groups is 1. The van der Waals surface area contributed by atoms with E-state index >= 15 is 0 Å². The van der Waals surface area contributed by atoms with E-state index < -0.39 is 5.97 Å². The molecule has 0 aromatic carbocycles. The van der Waals surface area contributed by atoms with Crippen LogP contribution in [-0.2, 0) is 4.79 Å². The third kappa shape index (κ3) is 1.59. The highest BCUT2D eigenvalue weighted by atomic mass is 32.2. The molecule has 4 heteroatoms. The second-order valence-electron chi connectivity index (χ2n) is 2.03. The highest BCUT2D eigenvalue weighted by molar-refractivity contribution is 8.00. The molecule has 0 unspecified atom stereocenters. The van der Waals surface area contributed by atoms with Crippen molar-refractivity contribution >= 4 is 17.7 Å². The summed E-state index contributed by atoms with van der Waals surface area (Å²) in [5, 5.41) is 11.7. The molecule has 1 heterocycles. The molecule has 3 nitrogen and oxygen atoms in total. The van der Waals surface area contributed by atoms with Gasteiger partial charge in [0.25, 0.3) is 0 Å². The van der Waals surface area contributed by atoms with Crippen LogP contribution in [0, 0.1) is 0 Å². The Morgan fingerprint density at radius 1 is 1.89 bits per heavy atom. The molecule has 0 amide bonds. The fourth-order valence-electron chi connectivity index (χ4n) is 0.763. The Bertz CT molecular complexity index is 128. The van der Waals surface area contributed by atoms with Crippen LogP contribution in [0.2, 0.25) is 0 Å². The van der Waals surface area contributed by atoms with E-state index in [0.29, 0.717) is 11.1 Å². The highest BCUT2D eigenvalue weighted by Gasteiger charge is 2.25. The number of hydrogen-bond donors (Lipinski definition) is 2. The Labute approximate surface area is 57.8 Å². The Morgan fingerprint density at radius 3 is 2.78 bits per heavy atom. The van der Waals surface area contributed by atoms with Gasteiger partial charge in [0.2, 0.25) is 0 Å². The van der Waals surface area contributed by atoms with Crippen LogP contribution >= 0.6 is 11.8 Å². The lowest BCUT2D eigenvalue weighted by atomic mass is 10.3. The van der Waals surface area contributed by atoms with Gasteiger partial charge in [-0.25, -0.2) is 0 Å². The molecule has 1 rings (SSSR count). The van der Waals surface area contributed by atoms with Crippen molar-refractivity contribution in [2.24, 2.45) is 0 Å². The van der Waals surface area contributed by atoms with Crippen LogP contribution in [0.1, 0.15) is 6.92 Å². The largest absolute Gasteiger partial charge is 0.480 e.